The lowest BCUT2D eigenvalue weighted by Gasteiger charge is -2.04. The zero-order chi connectivity index (χ0) is 12.3. The fourth-order valence-corrected chi connectivity index (χ4v) is 1.91. The van der Waals surface area contributed by atoms with Crippen molar-refractivity contribution in [3.63, 3.8) is 0 Å². The van der Waals surface area contributed by atoms with Crippen molar-refractivity contribution < 1.29 is 4.74 Å². The number of aryl methyl sites for hydroxylation is 1. The van der Waals surface area contributed by atoms with Crippen LogP contribution in [0.15, 0.2) is 6.07 Å². The Labute approximate surface area is 105 Å². The SMILES string of the molecule is CCCOCCc1nnc2cc(Cl)nc(C)n12. The van der Waals surface area contributed by atoms with Crippen molar-refractivity contribution in [2.24, 2.45) is 0 Å². The number of fused-ring (bicyclic) bond motifs is 1. The summed E-state index contributed by atoms with van der Waals surface area (Å²) >= 11 is 5.86. The summed E-state index contributed by atoms with van der Waals surface area (Å²) in [6.07, 6.45) is 1.75. The molecule has 0 radical (unpaired) electrons. The zero-order valence-electron chi connectivity index (χ0n) is 9.98. The first-order valence-corrected chi connectivity index (χ1v) is 6.05. The molecule has 0 saturated heterocycles. The largest absolute Gasteiger partial charge is 0.381 e. The molecule has 0 unspecified atom stereocenters. The van der Waals surface area contributed by atoms with Crippen LogP contribution in [0.3, 0.4) is 0 Å². The summed E-state index contributed by atoms with van der Waals surface area (Å²) in [5, 5.41) is 8.64. The molecule has 92 valence electrons. The molecule has 0 fully saturated rings. The average molecular weight is 255 g/mol. The third kappa shape index (κ3) is 2.73. The Morgan fingerprint density at radius 2 is 2.18 bits per heavy atom. The Hall–Kier alpha value is -1.20. The monoisotopic (exact) mass is 254 g/mol. The Kier molecular flexibility index (Phi) is 3.91. The first-order chi connectivity index (χ1) is 8.22. The summed E-state index contributed by atoms with van der Waals surface area (Å²) in [6.45, 7) is 5.40. The summed E-state index contributed by atoms with van der Waals surface area (Å²) < 4.78 is 7.35. The van der Waals surface area contributed by atoms with Gasteiger partial charge in [-0.05, 0) is 13.3 Å². The number of hydrogen-bond acceptors (Lipinski definition) is 4. The van der Waals surface area contributed by atoms with Gasteiger partial charge in [-0.25, -0.2) is 4.98 Å². The predicted molar refractivity (Wildman–Crippen MR) is 65.3 cm³/mol. The van der Waals surface area contributed by atoms with E-state index in [-0.39, 0.29) is 0 Å². The van der Waals surface area contributed by atoms with Crippen LogP contribution < -0.4 is 0 Å². The van der Waals surface area contributed by atoms with Gasteiger partial charge in [0.25, 0.3) is 0 Å². The highest BCUT2D eigenvalue weighted by Gasteiger charge is 2.09. The van der Waals surface area contributed by atoms with E-state index in [0.29, 0.717) is 11.8 Å². The lowest BCUT2D eigenvalue weighted by molar-refractivity contribution is 0.136. The molecule has 5 nitrogen and oxygen atoms in total. The fourth-order valence-electron chi connectivity index (χ4n) is 1.69. The molecule has 0 saturated carbocycles. The van der Waals surface area contributed by atoms with Gasteiger partial charge in [-0.2, -0.15) is 0 Å². The van der Waals surface area contributed by atoms with Gasteiger partial charge in [0.15, 0.2) is 5.65 Å². The van der Waals surface area contributed by atoms with E-state index in [1.54, 1.807) is 6.07 Å². The van der Waals surface area contributed by atoms with Crippen LogP contribution in [-0.2, 0) is 11.2 Å². The number of rotatable bonds is 5. The first kappa shape index (κ1) is 12.3. The standard InChI is InChI=1S/C11H15ClN4O/c1-3-5-17-6-4-10-14-15-11-7-9(12)13-8(2)16(10)11/h7H,3-6H2,1-2H3. The Morgan fingerprint density at radius 1 is 1.35 bits per heavy atom. The molecule has 0 aromatic carbocycles. The summed E-state index contributed by atoms with van der Waals surface area (Å²) in [5.74, 6) is 1.65. The van der Waals surface area contributed by atoms with Crippen molar-refractivity contribution in [1.29, 1.82) is 0 Å². The van der Waals surface area contributed by atoms with Crippen molar-refractivity contribution in [2.45, 2.75) is 26.7 Å². The number of ether oxygens (including phenoxy) is 1. The van der Waals surface area contributed by atoms with Crippen LogP contribution in [0, 0.1) is 6.92 Å². The molecule has 0 aliphatic heterocycles. The van der Waals surface area contributed by atoms with Crippen LogP contribution in [0.1, 0.15) is 25.0 Å². The topological polar surface area (TPSA) is 52.3 Å². The van der Waals surface area contributed by atoms with Crippen LogP contribution in [0.5, 0.6) is 0 Å². The van der Waals surface area contributed by atoms with Gasteiger partial charge in [-0.15, -0.1) is 10.2 Å². The number of hydrogen-bond donors (Lipinski definition) is 0. The molecule has 0 atom stereocenters. The maximum Gasteiger partial charge on any atom is 0.165 e. The quantitative estimate of drug-likeness (QED) is 0.605. The minimum atomic E-state index is 0.441. The van der Waals surface area contributed by atoms with Crippen molar-refractivity contribution in [1.82, 2.24) is 19.6 Å². The third-order valence-corrected chi connectivity index (χ3v) is 2.61. The van der Waals surface area contributed by atoms with E-state index in [2.05, 4.69) is 22.1 Å². The molecular formula is C11H15ClN4O. The van der Waals surface area contributed by atoms with Crippen LogP contribution in [0.4, 0.5) is 0 Å². The zero-order valence-corrected chi connectivity index (χ0v) is 10.7. The molecule has 0 aliphatic rings. The van der Waals surface area contributed by atoms with E-state index < -0.39 is 0 Å². The number of nitrogens with zero attached hydrogens (tertiary/aromatic N) is 4. The third-order valence-electron chi connectivity index (χ3n) is 2.41. The van der Waals surface area contributed by atoms with E-state index in [9.17, 15) is 0 Å². The molecule has 2 aromatic rings. The second-order valence-corrected chi connectivity index (χ2v) is 4.19. The van der Waals surface area contributed by atoms with E-state index in [1.807, 2.05) is 11.3 Å². The van der Waals surface area contributed by atoms with E-state index in [1.165, 1.54) is 0 Å². The van der Waals surface area contributed by atoms with Crippen molar-refractivity contribution in [3.05, 3.63) is 22.9 Å². The second kappa shape index (κ2) is 5.42. The molecule has 2 heterocycles. The van der Waals surface area contributed by atoms with Crippen molar-refractivity contribution >= 4 is 17.2 Å². The van der Waals surface area contributed by atoms with E-state index in [0.717, 1.165) is 36.7 Å². The summed E-state index contributed by atoms with van der Waals surface area (Å²) in [4.78, 5) is 4.19. The highest BCUT2D eigenvalue weighted by molar-refractivity contribution is 6.29. The number of aromatic nitrogens is 4. The highest BCUT2D eigenvalue weighted by atomic mass is 35.5. The molecule has 2 aromatic heterocycles. The number of halogens is 1. The molecule has 6 heteroatoms. The van der Waals surface area contributed by atoms with Gasteiger partial charge in [0.1, 0.15) is 16.8 Å². The Bertz CT molecular complexity index is 511. The van der Waals surface area contributed by atoms with Crippen molar-refractivity contribution in [2.75, 3.05) is 13.2 Å². The van der Waals surface area contributed by atoms with E-state index >= 15 is 0 Å². The molecule has 2 rings (SSSR count). The van der Waals surface area contributed by atoms with Crippen LogP contribution in [0.25, 0.3) is 5.65 Å². The van der Waals surface area contributed by atoms with Crippen LogP contribution in [0.2, 0.25) is 5.15 Å². The minimum absolute atomic E-state index is 0.441. The van der Waals surface area contributed by atoms with Crippen LogP contribution >= 0.6 is 11.6 Å². The lowest BCUT2D eigenvalue weighted by Crippen LogP contribution is -2.06. The normalized spacial score (nSPS) is 11.2. The van der Waals surface area contributed by atoms with Gasteiger partial charge in [0, 0.05) is 19.1 Å². The molecular weight excluding hydrogens is 240 g/mol. The molecule has 0 aliphatic carbocycles. The van der Waals surface area contributed by atoms with Gasteiger partial charge in [-0.1, -0.05) is 18.5 Å². The van der Waals surface area contributed by atoms with Gasteiger partial charge in [0.05, 0.1) is 6.61 Å². The second-order valence-electron chi connectivity index (χ2n) is 3.80. The van der Waals surface area contributed by atoms with Crippen LogP contribution in [-0.4, -0.2) is 32.8 Å². The fraction of sp³-hybridized carbons (Fsp3) is 0.545. The van der Waals surface area contributed by atoms with Crippen molar-refractivity contribution in [3.8, 4) is 0 Å². The smallest absolute Gasteiger partial charge is 0.165 e. The lowest BCUT2D eigenvalue weighted by atomic mass is 10.4. The first-order valence-electron chi connectivity index (χ1n) is 5.67. The molecule has 0 bridgehead atoms. The Morgan fingerprint density at radius 3 is 2.94 bits per heavy atom. The molecule has 17 heavy (non-hydrogen) atoms. The Balaban J connectivity index is 2.18. The van der Waals surface area contributed by atoms with Gasteiger partial charge in [-0.3, -0.25) is 4.40 Å². The predicted octanol–water partition coefficient (Wildman–Crippen LogP) is 2.06. The molecule has 0 spiro atoms. The maximum absolute atomic E-state index is 5.86. The summed E-state index contributed by atoms with van der Waals surface area (Å²) in [7, 11) is 0. The minimum Gasteiger partial charge on any atom is -0.381 e. The van der Waals surface area contributed by atoms with Gasteiger partial charge < -0.3 is 4.74 Å². The summed E-state index contributed by atoms with van der Waals surface area (Å²) in [6, 6.07) is 1.71. The van der Waals surface area contributed by atoms with Gasteiger partial charge in [0.2, 0.25) is 0 Å². The highest BCUT2D eigenvalue weighted by Crippen LogP contribution is 2.12. The molecule has 0 amide bonds. The maximum atomic E-state index is 5.86. The average Bonchev–Trinajstić information content (AvgIpc) is 2.68. The summed E-state index contributed by atoms with van der Waals surface area (Å²) in [5.41, 5.74) is 0.730. The van der Waals surface area contributed by atoms with Gasteiger partial charge >= 0.3 is 0 Å². The molecule has 0 N–H and O–H groups in total. The van der Waals surface area contributed by atoms with E-state index in [4.69, 9.17) is 16.3 Å².